The number of anilines is 1. The first-order valence-electron chi connectivity index (χ1n) is 9.15. The standard InChI is InChI=1S/C21H21N3O3/c1-15-14-16-6-2-3-7-18(16)24(15)21(26)9-4-12-23-20(25)11-10-17(22-23)19-8-5-13-27-19/h2-3,5-8,10-11,13,15H,4,9,12,14H2,1H3. The molecule has 0 radical (unpaired) electrons. The average Bonchev–Trinajstić information content (AvgIpc) is 3.30. The van der Waals surface area contributed by atoms with E-state index in [2.05, 4.69) is 18.1 Å². The number of carbonyl (C=O) groups is 1. The minimum Gasteiger partial charge on any atom is -0.463 e. The molecule has 4 rings (SSSR count). The van der Waals surface area contributed by atoms with Gasteiger partial charge in [0.25, 0.3) is 5.56 Å². The van der Waals surface area contributed by atoms with Gasteiger partial charge in [-0.05, 0) is 49.6 Å². The first-order valence-corrected chi connectivity index (χ1v) is 9.15. The SMILES string of the molecule is CC1Cc2ccccc2N1C(=O)CCCn1nc(-c2ccco2)ccc1=O. The minimum atomic E-state index is -0.183. The maximum Gasteiger partial charge on any atom is 0.266 e. The van der Waals surface area contributed by atoms with Gasteiger partial charge in [-0.15, -0.1) is 0 Å². The Bertz CT molecular complexity index is 1010. The number of carbonyl (C=O) groups excluding carboxylic acids is 1. The quantitative estimate of drug-likeness (QED) is 0.698. The summed E-state index contributed by atoms with van der Waals surface area (Å²) in [5.41, 5.74) is 2.64. The minimum absolute atomic E-state index is 0.0858. The summed E-state index contributed by atoms with van der Waals surface area (Å²) in [6.45, 7) is 2.46. The highest BCUT2D eigenvalue weighted by molar-refractivity contribution is 5.96. The van der Waals surface area contributed by atoms with Gasteiger partial charge in [0, 0.05) is 30.8 Å². The molecule has 0 N–H and O–H groups in total. The van der Waals surface area contributed by atoms with Crippen molar-refractivity contribution < 1.29 is 9.21 Å². The van der Waals surface area contributed by atoms with E-state index in [1.165, 1.54) is 16.3 Å². The van der Waals surface area contributed by atoms with Gasteiger partial charge in [-0.1, -0.05) is 18.2 Å². The molecule has 138 valence electrons. The first kappa shape index (κ1) is 17.3. The Labute approximate surface area is 157 Å². The van der Waals surface area contributed by atoms with Gasteiger partial charge in [0.2, 0.25) is 5.91 Å². The lowest BCUT2D eigenvalue weighted by Gasteiger charge is -2.22. The molecule has 1 aromatic carbocycles. The number of fused-ring (bicyclic) bond motifs is 1. The van der Waals surface area contributed by atoms with Gasteiger partial charge in [0.1, 0.15) is 5.69 Å². The number of furan rings is 1. The van der Waals surface area contributed by atoms with Crippen molar-refractivity contribution >= 4 is 11.6 Å². The highest BCUT2D eigenvalue weighted by Crippen LogP contribution is 2.32. The Morgan fingerprint density at radius 1 is 1.19 bits per heavy atom. The van der Waals surface area contributed by atoms with Crippen molar-refractivity contribution in [2.45, 2.75) is 38.8 Å². The number of benzene rings is 1. The molecule has 6 nitrogen and oxygen atoms in total. The second-order valence-electron chi connectivity index (χ2n) is 6.81. The molecule has 6 heteroatoms. The van der Waals surface area contributed by atoms with E-state index in [-0.39, 0.29) is 17.5 Å². The van der Waals surface area contributed by atoms with Crippen LogP contribution in [0.1, 0.15) is 25.3 Å². The van der Waals surface area contributed by atoms with Gasteiger partial charge in [-0.3, -0.25) is 9.59 Å². The maximum absolute atomic E-state index is 12.8. The van der Waals surface area contributed by atoms with E-state index in [1.54, 1.807) is 24.5 Å². The number of aromatic nitrogens is 2. The summed E-state index contributed by atoms with van der Waals surface area (Å²) in [6.07, 6.45) is 3.38. The monoisotopic (exact) mass is 363 g/mol. The molecule has 0 aliphatic carbocycles. The van der Waals surface area contributed by atoms with Gasteiger partial charge in [-0.25, -0.2) is 4.68 Å². The second-order valence-corrected chi connectivity index (χ2v) is 6.81. The lowest BCUT2D eigenvalue weighted by molar-refractivity contribution is -0.119. The Kier molecular flexibility index (Phi) is 4.62. The molecule has 0 spiro atoms. The van der Waals surface area contributed by atoms with Crippen molar-refractivity contribution in [3.8, 4) is 11.5 Å². The zero-order chi connectivity index (χ0) is 18.8. The fraction of sp³-hybridized carbons (Fsp3) is 0.286. The summed E-state index contributed by atoms with van der Waals surface area (Å²) < 4.78 is 6.73. The van der Waals surface area contributed by atoms with Crippen LogP contribution in [-0.2, 0) is 17.8 Å². The summed E-state index contributed by atoms with van der Waals surface area (Å²) in [7, 11) is 0. The number of nitrogens with zero attached hydrogens (tertiary/aromatic N) is 3. The number of aryl methyl sites for hydroxylation is 1. The number of para-hydroxylation sites is 1. The maximum atomic E-state index is 12.8. The molecule has 1 atom stereocenters. The van der Waals surface area contributed by atoms with Gasteiger partial charge >= 0.3 is 0 Å². The molecule has 3 heterocycles. The third kappa shape index (κ3) is 3.43. The Morgan fingerprint density at radius 2 is 2.04 bits per heavy atom. The Morgan fingerprint density at radius 3 is 2.85 bits per heavy atom. The van der Waals surface area contributed by atoms with Crippen LogP contribution in [-0.4, -0.2) is 21.7 Å². The average molecular weight is 363 g/mol. The lowest BCUT2D eigenvalue weighted by atomic mass is 10.1. The normalized spacial score (nSPS) is 15.7. The fourth-order valence-corrected chi connectivity index (χ4v) is 3.61. The topological polar surface area (TPSA) is 68.3 Å². The van der Waals surface area contributed by atoms with Crippen molar-refractivity contribution in [2.75, 3.05) is 4.90 Å². The van der Waals surface area contributed by atoms with Crippen LogP contribution in [0.25, 0.3) is 11.5 Å². The van der Waals surface area contributed by atoms with Gasteiger partial charge in [0.15, 0.2) is 5.76 Å². The molecule has 0 fully saturated rings. The van der Waals surface area contributed by atoms with Crippen molar-refractivity contribution in [1.82, 2.24) is 9.78 Å². The van der Waals surface area contributed by atoms with Crippen molar-refractivity contribution in [2.24, 2.45) is 0 Å². The number of rotatable bonds is 5. The number of hydrogen-bond donors (Lipinski definition) is 0. The molecule has 0 bridgehead atoms. The van der Waals surface area contributed by atoms with Crippen LogP contribution in [0.15, 0.2) is 64.0 Å². The molecule has 1 aliphatic heterocycles. The van der Waals surface area contributed by atoms with Gasteiger partial charge in [-0.2, -0.15) is 5.10 Å². The smallest absolute Gasteiger partial charge is 0.266 e. The number of amides is 1. The molecule has 0 saturated carbocycles. The van der Waals surface area contributed by atoms with E-state index in [0.717, 1.165) is 12.1 Å². The highest BCUT2D eigenvalue weighted by atomic mass is 16.3. The van der Waals surface area contributed by atoms with E-state index in [4.69, 9.17) is 4.42 Å². The van der Waals surface area contributed by atoms with Gasteiger partial charge in [0.05, 0.1) is 6.26 Å². The molecule has 27 heavy (non-hydrogen) atoms. The molecular weight excluding hydrogens is 342 g/mol. The van der Waals surface area contributed by atoms with E-state index in [0.29, 0.717) is 30.8 Å². The summed E-state index contributed by atoms with van der Waals surface area (Å²) in [4.78, 5) is 26.7. The Balaban J connectivity index is 1.42. The van der Waals surface area contributed by atoms with E-state index < -0.39 is 0 Å². The predicted octanol–water partition coefficient (Wildman–Crippen LogP) is 3.26. The van der Waals surface area contributed by atoms with Crippen LogP contribution < -0.4 is 10.5 Å². The Hall–Kier alpha value is -3.15. The van der Waals surface area contributed by atoms with Crippen LogP contribution >= 0.6 is 0 Å². The van der Waals surface area contributed by atoms with E-state index >= 15 is 0 Å². The summed E-state index contributed by atoms with van der Waals surface area (Å²) in [5.74, 6) is 0.699. The predicted molar refractivity (Wildman–Crippen MR) is 103 cm³/mol. The third-order valence-electron chi connectivity index (χ3n) is 4.88. The van der Waals surface area contributed by atoms with Crippen molar-refractivity contribution in [3.63, 3.8) is 0 Å². The van der Waals surface area contributed by atoms with Crippen molar-refractivity contribution in [1.29, 1.82) is 0 Å². The number of hydrogen-bond acceptors (Lipinski definition) is 4. The van der Waals surface area contributed by atoms with Crippen molar-refractivity contribution in [3.05, 3.63) is 70.7 Å². The molecule has 2 aromatic heterocycles. The molecule has 1 unspecified atom stereocenters. The molecule has 0 saturated heterocycles. The second kappa shape index (κ2) is 7.23. The zero-order valence-electron chi connectivity index (χ0n) is 15.2. The lowest BCUT2D eigenvalue weighted by Crippen LogP contribution is -2.35. The zero-order valence-corrected chi connectivity index (χ0v) is 15.2. The highest BCUT2D eigenvalue weighted by Gasteiger charge is 2.29. The first-order chi connectivity index (χ1) is 13.1. The summed E-state index contributed by atoms with van der Waals surface area (Å²) >= 11 is 0. The summed E-state index contributed by atoms with van der Waals surface area (Å²) in [5, 5.41) is 4.35. The van der Waals surface area contributed by atoms with Crippen LogP contribution in [0.5, 0.6) is 0 Å². The van der Waals surface area contributed by atoms with Crippen LogP contribution in [0.4, 0.5) is 5.69 Å². The largest absolute Gasteiger partial charge is 0.463 e. The van der Waals surface area contributed by atoms with Crippen LogP contribution in [0.2, 0.25) is 0 Å². The third-order valence-corrected chi connectivity index (χ3v) is 4.88. The fourth-order valence-electron chi connectivity index (χ4n) is 3.61. The molecule has 3 aromatic rings. The van der Waals surface area contributed by atoms with Crippen LogP contribution in [0.3, 0.4) is 0 Å². The molecule has 1 aliphatic rings. The van der Waals surface area contributed by atoms with E-state index in [9.17, 15) is 9.59 Å². The van der Waals surface area contributed by atoms with E-state index in [1.807, 2.05) is 23.1 Å². The van der Waals surface area contributed by atoms with Crippen LogP contribution in [0, 0.1) is 0 Å². The molecular formula is C21H21N3O3. The van der Waals surface area contributed by atoms with Gasteiger partial charge < -0.3 is 9.32 Å². The molecule has 1 amide bonds. The summed E-state index contributed by atoms with van der Waals surface area (Å²) in [6, 6.07) is 14.9.